The van der Waals surface area contributed by atoms with Gasteiger partial charge in [0, 0.05) is 25.6 Å². The van der Waals surface area contributed by atoms with Gasteiger partial charge in [0.05, 0.1) is 18.1 Å². The van der Waals surface area contributed by atoms with Crippen LogP contribution in [-0.4, -0.2) is 68.0 Å². The third-order valence-electron chi connectivity index (χ3n) is 4.16. The molecule has 0 N–H and O–H groups in total. The highest BCUT2D eigenvalue weighted by Crippen LogP contribution is 2.44. The first-order valence-corrected chi connectivity index (χ1v) is 9.58. The number of amides is 1. The lowest BCUT2D eigenvalue weighted by Gasteiger charge is -2.49. The summed E-state index contributed by atoms with van der Waals surface area (Å²) in [6, 6.07) is 0. The molecule has 2 heterocycles. The van der Waals surface area contributed by atoms with Crippen molar-refractivity contribution in [2.45, 2.75) is 18.1 Å². The predicted molar refractivity (Wildman–Crippen MR) is 76.1 cm³/mol. The molecule has 0 aromatic heterocycles. The third-order valence-corrected chi connectivity index (χ3v) is 7.30. The summed E-state index contributed by atoms with van der Waals surface area (Å²) in [4.78, 5) is 13.4. The van der Waals surface area contributed by atoms with Crippen LogP contribution in [0.25, 0.3) is 0 Å². The van der Waals surface area contributed by atoms with Crippen LogP contribution in [0.15, 0.2) is 0 Å². The van der Waals surface area contributed by atoms with Crippen LogP contribution in [0.5, 0.6) is 0 Å². The Kier molecular flexibility index (Phi) is 4.47. The van der Waals surface area contributed by atoms with Crippen molar-refractivity contribution in [1.82, 2.24) is 4.90 Å². The number of hydrogen-bond donors (Lipinski definition) is 0. The molecule has 0 radical (unpaired) electrons. The molecular weight excluding hydrogens is 286 g/mol. The molecule has 2 fully saturated rings. The van der Waals surface area contributed by atoms with Crippen LogP contribution in [0.4, 0.5) is 0 Å². The first-order chi connectivity index (χ1) is 8.97. The Morgan fingerprint density at radius 2 is 2.16 bits per heavy atom. The summed E-state index contributed by atoms with van der Waals surface area (Å²) in [6.45, 7) is 3.70. The summed E-state index contributed by atoms with van der Waals surface area (Å²) < 4.78 is 29.2. The summed E-state index contributed by atoms with van der Waals surface area (Å²) in [5, 5.41) is 0. The topological polar surface area (TPSA) is 63.7 Å². The Morgan fingerprint density at radius 3 is 2.74 bits per heavy atom. The molecule has 0 aromatic carbocycles. The monoisotopic (exact) mass is 307 g/mol. The molecule has 0 bridgehead atoms. The van der Waals surface area contributed by atoms with Gasteiger partial charge in [0.1, 0.15) is 4.75 Å². The molecule has 1 atom stereocenters. The van der Waals surface area contributed by atoms with Crippen LogP contribution in [0, 0.1) is 5.92 Å². The average molecular weight is 307 g/mol. The summed E-state index contributed by atoms with van der Waals surface area (Å²) in [6.07, 6.45) is 2.53. The smallest absolute Gasteiger partial charge is 0.232 e. The van der Waals surface area contributed by atoms with E-state index in [1.165, 1.54) is 11.8 Å². The van der Waals surface area contributed by atoms with E-state index in [9.17, 15) is 13.2 Å². The largest absolute Gasteiger partial charge is 0.381 e. The molecule has 1 spiro atoms. The van der Waals surface area contributed by atoms with Crippen LogP contribution in [0.1, 0.15) is 13.3 Å². The maximum Gasteiger partial charge on any atom is 0.232 e. The van der Waals surface area contributed by atoms with Gasteiger partial charge in [-0.2, -0.15) is 11.8 Å². The van der Waals surface area contributed by atoms with E-state index in [1.807, 2.05) is 13.2 Å². The number of hydrogen-bond acceptors (Lipinski definition) is 5. The zero-order valence-electron chi connectivity index (χ0n) is 11.4. The van der Waals surface area contributed by atoms with E-state index in [1.54, 1.807) is 4.90 Å². The van der Waals surface area contributed by atoms with Gasteiger partial charge in [-0.1, -0.05) is 0 Å². The molecule has 7 heteroatoms. The molecule has 5 nitrogen and oxygen atoms in total. The van der Waals surface area contributed by atoms with E-state index in [4.69, 9.17) is 4.74 Å². The minimum Gasteiger partial charge on any atom is -0.381 e. The van der Waals surface area contributed by atoms with Gasteiger partial charge in [-0.3, -0.25) is 4.79 Å². The zero-order chi connectivity index (χ0) is 14.1. The average Bonchev–Trinajstić information content (AvgIpc) is 2.56. The van der Waals surface area contributed by atoms with Crippen LogP contribution in [0.2, 0.25) is 0 Å². The number of likely N-dealkylation sites (tertiary alicyclic amines) is 1. The molecule has 110 valence electrons. The molecule has 0 saturated carbocycles. The number of sulfone groups is 1. The van der Waals surface area contributed by atoms with Crippen LogP contribution in [-0.2, 0) is 19.4 Å². The fourth-order valence-electron chi connectivity index (χ4n) is 2.96. The lowest BCUT2D eigenvalue weighted by Crippen LogP contribution is -2.69. The summed E-state index contributed by atoms with van der Waals surface area (Å²) in [5.41, 5.74) is 0. The minimum atomic E-state index is -3.09. The van der Waals surface area contributed by atoms with Crippen molar-refractivity contribution in [2.75, 3.05) is 44.1 Å². The molecule has 0 aromatic rings. The first-order valence-electron chi connectivity index (χ1n) is 6.53. The second-order valence-electron chi connectivity index (χ2n) is 5.21. The second-order valence-corrected chi connectivity index (χ2v) is 8.53. The maximum atomic E-state index is 12.3. The van der Waals surface area contributed by atoms with Crippen molar-refractivity contribution >= 4 is 27.5 Å². The predicted octanol–water partition coefficient (Wildman–Crippen LogP) is 0.402. The second kappa shape index (κ2) is 5.61. The summed E-state index contributed by atoms with van der Waals surface area (Å²) in [7, 11) is -3.09. The molecule has 2 aliphatic rings. The Bertz CT molecular complexity index is 443. The van der Waals surface area contributed by atoms with Gasteiger partial charge in [0.25, 0.3) is 0 Å². The third kappa shape index (κ3) is 2.52. The van der Waals surface area contributed by atoms with Crippen LogP contribution >= 0.6 is 11.8 Å². The van der Waals surface area contributed by atoms with Gasteiger partial charge >= 0.3 is 0 Å². The molecule has 19 heavy (non-hydrogen) atoms. The first kappa shape index (κ1) is 15.1. The van der Waals surface area contributed by atoms with Crippen LogP contribution in [0.3, 0.4) is 0 Å². The fraction of sp³-hybridized carbons (Fsp3) is 0.917. The quantitative estimate of drug-likeness (QED) is 0.736. The normalized spacial score (nSPS) is 27.5. The fourth-order valence-corrected chi connectivity index (χ4v) is 5.79. The number of nitrogens with zero attached hydrogens (tertiary/aromatic N) is 1. The lowest BCUT2D eigenvalue weighted by atomic mass is 9.83. The zero-order valence-corrected chi connectivity index (χ0v) is 13.1. The van der Waals surface area contributed by atoms with Gasteiger partial charge in [0.15, 0.2) is 9.84 Å². The highest BCUT2D eigenvalue weighted by Gasteiger charge is 2.62. The van der Waals surface area contributed by atoms with Gasteiger partial charge in [-0.15, -0.1) is 0 Å². The van der Waals surface area contributed by atoms with Crippen molar-refractivity contribution in [1.29, 1.82) is 0 Å². The number of carbonyl (C=O) groups is 1. The minimum absolute atomic E-state index is 0.0374. The van der Waals surface area contributed by atoms with E-state index in [2.05, 4.69) is 0 Å². The molecule has 1 amide bonds. The Hall–Kier alpha value is -0.270. The molecular formula is C12H21NO4S2. The van der Waals surface area contributed by atoms with E-state index in [0.717, 1.165) is 0 Å². The van der Waals surface area contributed by atoms with Crippen molar-refractivity contribution in [3.8, 4) is 0 Å². The summed E-state index contributed by atoms with van der Waals surface area (Å²) >= 11 is 1.47. The lowest BCUT2D eigenvalue weighted by molar-refractivity contribution is -0.134. The molecule has 2 aliphatic heterocycles. The highest BCUT2D eigenvalue weighted by molar-refractivity contribution is 7.99. The Morgan fingerprint density at radius 1 is 1.47 bits per heavy atom. The molecule has 1 unspecified atom stereocenters. The van der Waals surface area contributed by atoms with Crippen LogP contribution < -0.4 is 0 Å². The van der Waals surface area contributed by atoms with Gasteiger partial charge in [0.2, 0.25) is 5.91 Å². The van der Waals surface area contributed by atoms with E-state index in [0.29, 0.717) is 38.5 Å². The van der Waals surface area contributed by atoms with Crippen molar-refractivity contribution in [3.63, 3.8) is 0 Å². The van der Waals surface area contributed by atoms with Gasteiger partial charge < -0.3 is 9.64 Å². The van der Waals surface area contributed by atoms with E-state index >= 15 is 0 Å². The van der Waals surface area contributed by atoms with E-state index < -0.39 is 14.6 Å². The number of thioether (sulfide) groups is 1. The molecule has 2 rings (SSSR count). The Labute approximate surface area is 119 Å². The number of carbonyl (C=O) groups excluding carboxylic acids is 1. The summed E-state index contributed by atoms with van der Waals surface area (Å²) in [5.74, 6) is 0.729. The van der Waals surface area contributed by atoms with Crippen molar-refractivity contribution in [2.24, 2.45) is 5.92 Å². The van der Waals surface area contributed by atoms with Gasteiger partial charge in [-0.25, -0.2) is 8.42 Å². The number of ether oxygens (including phenoxy) is 1. The maximum absolute atomic E-state index is 12.3. The van der Waals surface area contributed by atoms with Gasteiger partial charge in [-0.05, 0) is 19.6 Å². The van der Waals surface area contributed by atoms with Crippen molar-refractivity contribution < 1.29 is 17.9 Å². The molecule has 0 aliphatic carbocycles. The highest BCUT2D eigenvalue weighted by atomic mass is 32.2. The standard InChI is InChI=1S/C12H21NO4S2/c1-3-17-6-10-4-5-19(15,16)12(10)8-13(9-12)11(14)7-18-2/h10H,3-9H2,1-2H3. The van der Waals surface area contributed by atoms with Crippen molar-refractivity contribution in [3.05, 3.63) is 0 Å². The van der Waals surface area contributed by atoms with E-state index in [-0.39, 0.29) is 17.6 Å². The number of rotatable bonds is 5. The molecule has 2 saturated heterocycles. The Balaban J connectivity index is 2.06. The SMILES string of the molecule is CCOCC1CCS(=O)(=O)C12CN(C(=O)CSC)C2.